The predicted molar refractivity (Wildman–Crippen MR) is 125 cm³/mol. The second-order valence-electron chi connectivity index (χ2n) is 8.25. The van der Waals surface area contributed by atoms with Crippen LogP contribution in [0.2, 0.25) is 0 Å². The molecule has 4 rings (SSSR count). The number of rotatable bonds is 8. The number of aromatic nitrogens is 4. The molecule has 7 heteroatoms. The van der Waals surface area contributed by atoms with Crippen molar-refractivity contribution in [2.24, 2.45) is 0 Å². The van der Waals surface area contributed by atoms with Gasteiger partial charge in [-0.3, -0.25) is 4.40 Å². The molecule has 0 bridgehead atoms. The molecule has 1 atom stereocenters. The van der Waals surface area contributed by atoms with Crippen LogP contribution in [-0.2, 0) is 6.54 Å². The van der Waals surface area contributed by atoms with Gasteiger partial charge in [0.05, 0.1) is 11.3 Å². The van der Waals surface area contributed by atoms with E-state index in [9.17, 15) is 4.39 Å². The predicted octanol–water partition coefficient (Wildman–Crippen LogP) is 4.86. The molecule has 32 heavy (non-hydrogen) atoms. The van der Waals surface area contributed by atoms with Gasteiger partial charge in [0, 0.05) is 25.0 Å². The van der Waals surface area contributed by atoms with E-state index in [-0.39, 0.29) is 6.04 Å². The normalized spacial score (nSPS) is 12.2. The van der Waals surface area contributed by atoms with Crippen LogP contribution in [0.3, 0.4) is 0 Å². The maximum absolute atomic E-state index is 13.5. The fraction of sp³-hybridized carbons (Fsp3) is 0.320. The van der Waals surface area contributed by atoms with Gasteiger partial charge in [0.15, 0.2) is 5.82 Å². The van der Waals surface area contributed by atoms with Crippen molar-refractivity contribution < 1.29 is 4.39 Å². The molecular weight excluding hydrogens is 403 g/mol. The van der Waals surface area contributed by atoms with Gasteiger partial charge < -0.3 is 10.2 Å². The largest absolute Gasteiger partial charge is 0.352 e. The van der Waals surface area contributed by atoms with E-state index < -0.39 is 5.82 Å². The summed E-state index contributed by atoms with van der Waals surface area (Å²) < 4.78 is 15.5. The van der Waals surface area contributed by atoms with Gasteiger partial charge in [-0.1, -0.05) is 19.4 Å². The maximum atomic E-state index is 13.5. The number of nitrogens with one attached hydrogen (secondary N) is 1. The molecule has 3 heterocycles. The molecule has 0 saturated carbocycles. The lowest BCUT2D eigenvalue weighted by atomic mass is 10.1. The molecule has 4 aromatic rings. The number of nitrogens with zero attached hydrogens (tertiary/aromatic N) is 5. The van der Waals surface area contributed by atoms with Crippen LogP contribution in [0.4, 0.5) is 10.3 Å². The van der Waals surface area contributed by atoms with Crippen LogP contribution in [0.15, 0.2) is 42.7 Å². The summed E-state index contributed by atoms with van der Waals surface area (Å²) in [4.78, 5) is 16.1. The van der Waals surface area contributed by atoms with Crippen LogP contribution in [0.1, 0.15) is 32.3 Å². The van der Waals surface area contributed by atoms with Gasteiger partial charge in [-0.2, -0.15) is 4.39 Å². The van der Waals surface area contributed by atoms with Gasteiger partial charge in [-0.05, 0) is 69.4 Å². The van der Waals surface area contributed by atoms with Crippen molar-refractivity contribution >= 4 is 11.6 Å². The fourth-order valence-corrected chi connectivity index (χ4v) is 3.77. The molecule has 1 N–H and O–H groups in total. The van der Waals surface area contributed by atoms with Gasteiger partial charge in [0.2, 0.25) is 5.95 Å². The Morgan fingerprint density at radius 3 is 2.72 bits per heavy atom. The molecule has 0 aliphatic heterocycles. The van der Waals surface area contributed by atoms with Gasteiger partial charge in [-0.25, -0.2) is 15.0 Å². The third-order valence-electron chi connectivity index (χ3n) is 5.15. The van der Waals surface area contributed by atoms with E-state index in [4.69, 9.17) is 9.97 Å². The average Bonchev–Trinajstić information content (AvgIpc) is 3.13. The Bertz CT molecular complexity index is 1200. The molecule has 0 radical (unpaired) electrons. The zero-order valence-electron chi connectivity index (χ0n) is 18.9. The van der Waals surface area contributed by atoms with Gasteiger partial charge in [0.1, 0.15) is 17.0 Å². The van der Waals surface area contributed by atoms with E-state index in [1.54, 1.807) is 12.3 Å². The fourth-order valence-electron chi connectivity index (χ4n) is 3.77. The number of halogens is 1. The molecular formula is C25H27FN6. The van der Waals surface area contributed by atoms with Crippen molar-refractivity contribution in [1.82, 2.24) is 24.3 Å². The molecule has 6 nitrogen and oxygen atoms in total. The Hall–Kier alpha value is -3.50. The molecule has 0 saturated heterocycles. The van der Waals surface area contributed by atoms with E-state index >= 15 is 0 Å². The smallest absolute Gasteiger partial charge is 0.223 e. The zero-order chi connectivity index (χ0) is 22.7. The summed E-state index contributed by atoms with van der Waals surface area (Å²) in [6, 6.07) is 14.7. The Morgan fingerprint density at radius 1 is 1.16 bits per heavy atom. The summed E-state index contributed by atoms with van der Waals surface area (Å²) in [7, 11) is 4.07. The van der Waals surface area contributed by atoms with Crippen molar-refractivity contribution in [2.45, 2.75) is 39.3 Å². The number of hydrogen-bond acceptors (Lipinski definition) is 5. The minimum atomic E-state index is -0.453. The molecule has 0 spiro atoms. The minimum absolute atomic E-state index is 0.269. The molecule has 1 unspecified atom stereocenters. The molecule has 0 aliphatic rings. The molecule has 3 aromatic heterocycles. The van der Waals surface area contributed by atoms with Crippen LogP contribution in [0, 0.1) is 17.9 Å². The minimum Gasteiger partial charge on any atom is -0.352 e. The average molecular weight is 431 g/mol. The molecule has 0 amide bonds. The first-order chi connectivity index (χ1) is 15.4. The molecule has 164 valence electrons. The highest BCUT2D eigenvalue weighted by molar-refractivity contribution is 5.80. The van der Waals surface area contributed by atoms with E-state index in [0.29, 0.717) is 17.2 Å². The monoisotopic (exact) mass is 430 g/mol. The van der Waals surface area contributed by atoms with Crippen molar-refractivity contribution in [3.05, 3.63) is 66.2 Å². The zero-order valence-corrected chi connectivity index (χ0v) is 18.9. The number of hydrogen-bond donors (Lipinski definition) is 1. The third kappa shape index (κ3) is 4.71. The summed E-state index contributed by atoms with van der Waals surface area (Å²) in [5.74, 6) is 0.119. The summed E-state index contributed by atoms with van der Waals surface area (Å²) in [6.45, 7) is 5.08. The summed E-state index contributed by atoms with van der Waals surface area (Å²) in [5.41, 5.74) is 4.81. The SMILES string of the molecule is CCCC(C)Nc1nccc(-c2c(-c3c#cc(F)cc3)nc3cc(CN(C)C)ccn23)n1. The number of pyridine rings is 1. The maximum Gasteiger partial charge on any atom is 0.223 e. The molecule has 0 fully saturated rings. The van der Waals surface area contributed by atoms with E-state index in [1.807, 2.05) is 30.8 Å². The first kappa shape index (κ1) is 21.7. The summed E-state index contributed by atoms with van der Waals surface area (Å²) in [5, 5.41) is 3.37. The van der Waals surface area contributed by atoms with Gasteiger partial charge >= 0.3 is 0 Å². The topological polar surface area (TPSA) is 58.4 Å². The first-order valence-electron chi connectivity index (χ1n) is 10.8. The van der Waals surface area contributed by atoms with Crippen molar-refractivity contribution in [2.75, 3.05) is 19.4 Å². The van der Waals surface area contributed by atoms with Crippen molar-refractivity contribution in [1.29, 1.82) is 0 Å². The quantitative estimate of drug-likeness (QED) is 0.433. The Kier molecular flexibility index (Phi) is 6.33. The van der Waals surface area contributed by atoms with E-state index in [0.717, 1.165) is 42.0 Å². The third-order valence-corrected chi connectivity index (χ3v) is 5.15. The van der Waals surface area contributed by atoms with E-state index in [1.165, 1.54) is 6.07 Å². The first-order valence-corrected chi connectivity index (χ1v) is 10.8. The summed E-state index contributed by atoms with van der Waals surface area (Å²) >= 11 is 0. The lowest BCUT2D eigenvalue weighted by Crippen LogP contribution is -2.16. The Morgan fingerprint density at radius 2 is 2.00 bits per heavy atom. The number of imidazole rings is 1. The van der Waals surface area contributed by atoms with Gasteiger partial charge in [0.25, 0.3) is 0 Å². The lowest BCUT2D eigenvalue weighted by Gasteiger charge is -2.13. The second-order valence-corrected chi connectivity index (χ2v) is 8.25. The van der Waals surface area contributed by atoms with Crippen molar-refractivity contribution in [3.63, 3.8) is 0 Å². The molecule has 1 aromatic carbocycles. The van der Waals surface area contributed by atoms with Crippen LogP contribution < -0.4 is 5.32 Å². The number of anilines is 1. The Labute approximate surface area is 188 Å². The van der Waals surface area contributed by atoms with Crippen LogP contribution in [0.5, 0.6) is 0 Å². The van der Waals surface area contributed by atoms with Crippen LogP contribution in [-0.4, -0.2) is 44.4 Å². The second kappa shape index (κ2) is 9.33. The highest BCUT2D eigenvalue weighted by Gasteiger charge is 2.19. The van der Waals surface area contributed by atoms with Crippen LogP contribution >= 0.6 is 0 Å². The van der Waals surface area contributed by atoms with Gasteiger partial charge in [-0.15, -0.1) is 0 Å². The Balaban J connectivity index is 1.85. The highest BCUT2D eigenvalue weighted by Crippen LogP contribution is 2.31. The number of fused-ring (bicyclic) bond motifs is 1. The van der Waals surface area contributed by atoms with E-state index in [2.05, 4.69) is 53.3 Å². The van der Waals surface area contributed by atoms with Crippen molar-refractivity contribution in [3.8, 4) is 22.6 Å². The standard InChI is InChI=1S/C25H27FN6/c1-5-6-17(2)28-25-27-13-11-21(29-25)24-23(19-7-9-20(26)10-8-19)30-22-15-18(16-31(3)4)12-14-32(22)24/h7,9,11-15,17H,5-6,16H2,1-4H3,(H,27,28,29). The lowest BCUT2D eigenvalue weighted by molar-refractivity contribution is 0.402. The van der Waals surface area contributed by atoms with Crippen LogP contribution in [0.25, 0.3) is 28.3 Å². The summed E-state index contributed by atoms with van der Waals surface area (Å²) in [6.07, 6.45) is 5.86. The molecule has 0 aliphatic carbocycles. The highest BCUT2D eigenvalue weighted by atomic mass is 19.1.